The summed E-state index contributed by atoms with van der Waals surface area (Å²) in [5.41, 5.74) is 1.87. The lowest BCUT2D eigenvalue weighted by Gasteiger charge is -2.38. The number of hydrogen-bond donors (Lipinski definition) is 1. The Morgan fingerprint density at radius 2 is 1.87 bits per heavy atom. The van der Waals surface area contributed by atoms with Gasteiger partial charge < -0.3 is 19.5 Å². The van der Waals surface area contributed by atoms with Gasteiger partial charge in [0.1, 0.15) is 5.82 Å². The van der Waals surface area contributed by atoms with E-state index < -0.39 is 4.92 Å². The van der Waals surface area contributed by atoms with Crippen molar-refractivity contribution in [3.05, 3.63) is 64.2 Å². The van der Waals surface area contributed by atoms with Crippen molar-refractivity contribution < 1.29 is 19.1 Å². The number of rotatable bonds is 5. The molecule has 8 nitrogen and oxygen atoms in total. The van der Waals surface area contributed by atoms with Gasteiger partial charge in [0.2, 0.25) is 6.79 Å². The number of ether oxygens (including phenoxy) is 3. The second-order valence-corrected chi connectivity index (χ2v) is 7.64. The van der Waals surface area contributed by atoms with E-state index in [1.54, 1.807) is 12.1 Å². The molecule has 1 fully saturated rings. The Kier molecular flexibility index (Phi) is 4.63. The molecule has 30 heavy (non-hydrogen) atoms. The van der Waals surface area contributed by atoms with E-state index in [-0.39, 0.29) is 17.9 Å². The lowest BCUT2D eigenvalue weighted by molar-refractivity contribution is -0.384. The Morgan fingerprint density at radius 3 is 2.70 bits per heavy atom. The Morgan fingerprint density at radius 1 is 1.03 bits per heavy atom. The van der Waals surface area contributed by atoms with Crippen LogP contribution in [0.1, 0.15) is 18.4 Å². The highest BCUT2D eigenvalue weighted by atomic mass is 16.7. The number of nitrogens with zero attached hydrogens (tertiary/aromatic N) is 2. The topological polar surface area (TPSA) is 95.8 Å². The summed E-state index contributed by atoms with van der Waals surface area (Å²) >= 11 is 0. The lowest BCUT2D eigenvalue weighted by atomic mass is 9.74. The highest BCUT2D eigenvalue weighted by molar-refractivity contribution is 5.82. The molecule has 2 aliphatic rings. The molecule has 154 valence electrons. The molecule has 0 bridgehead atoms. The van der Waals surface area contributed by atoms with E-state index in [4.69, 9.17) is 14.2 Å². The number of aromatic nitrogens is 1. The Labute approximate surface area is 172 Å². The molecular weight excluding hydrogens is 386 g/mol. The Hall–Kier alpha value is -3.39. The zero-order valence-electron chi connectivity index (χ0n) is 16.3. The zero-order valence-corrected chi connectivity index (χ0v) is 16.3. The van der Waals surface area contributed by atoms with Crippen LogP contribution in [0.25, 0.3) is 10.9 Å². The van der Waals surface area contributed by atoms with Crippen LogP contribution >= 0.6 is 0 Å². The first-order valence-corrected chi connectivity index (χ1v) is 9.90. The number of hydrogen-bond acceptors (Lipinski definition) is 7. The van der Waals surface area contributed by atoms with Crippen LogP contribution in [0.2, 0.25) is 0 Å². The third kappa shape index (κ3) is 3.39. The van der Waals surface area contributed by atoms with Gasteiger partial charge in [0, 0.05) is 42.7 Å². The van der Waals surface area contributed by atoms with E-state index in [0.717, 1.165) is 41.1 Å². The summed E-state index contributed by atoms with van der Waals surface area (Å²) in [5.74, 6) is 2.30. The van der Waals surface area contributed by atoms with Crippen molar-refractivity contribution in [2.45, 2.75) is 18.3 Å². The fraction of sp³-hybridized carbons (Fsp3) is 0.318. The molecule has 3 aromatic rings. The third-order valence-corrected chi connectivity index (χ3v) is 5.93. The number of benzene rings is 2. The van der Waals surface area contributed by atoms with Gasteiger partial charge in [-0.15, -0.1) is 0 Å². The first-order chi connectivity index (χ1) is 14.6. The van der Waals surface area contributed by atoms with E-state index in [1.165, 1.54) is 11.6 Å². The van der Waals surface area contributed by atoms with E-state index in [2.05, 4.69) is 22.4 Å². The van der Waals surface area contributed by atoms with Crippen molar-refractivity contribution in [3.63, 3.8) is 0 Å². The molecule has 3 heterocycles. The molecule has 0 unspecified atom stereocenters. The average molecular weight is 407 g/mol. The molecule has 1 saturated heterocycles. The summed E-state index contributed by atoms with van der Waals surface area (Å²) in [6, 6.07) is 14.6. The molecule has 8 heteroatoms. The van der Waals surface area contributed by atoms with Gasteiger partial charge in [0.25, 0.3) is 5.69 Å². The zero-order chi connectivity index (χ0) is 20.6. The molecule has 1 N–H and O–H groups in total. The van der Waals surface area contributed by atoms with Gasteiger partial charge in [-0.1, -0.05) is 6.07 Å². The molecular formula is C22H21N3O5. The van der Waals surface area contributed by atoms with E-state index in [0.29, 0.717) is 19.8 Å². The van der Waals surface area contributed by atoms with Crippen LogP contribution in [0.15, 0.2) is 48.5 Å². The number of pyridine rings is 1. The van der Waals surface area contributed by atoms with Crippen LogP contribution in [0.4, 0.5) is 11.5 Å². The van der Waals surface area contributed by atoms with Crippen molar-refractivity contribution in [2.75, 3.05) is 31.9 Å². The maximum atomic E-state index is 11.0. The van der Waals surface area contributed by atoms with Crippen molar-refractivity contribution in [1.82, 2.24) is 4.98 Å². The molecule has 5 rings (SSSR count). The fourth-order valence-electron chi connectivity index (χ4n) is 4.14. The van der Waals surface area contributed by atoms with Crippen LogP contribution in [-0.2, 0) is 10.2 Å². The van der Waals surface area contributed by atoms with E-state index >= 15 is 0 Å². The number of nitrogens with one attached hydrogen (secondary N) is 1. The van der Waals surface area contributed by atoms with Crippen LogP contribution in [0.5, 0.6) is 11.5 Å². The van der Waals surface area contributed by atoms with Crippen LogP contribution in [0, 0.1) is 10.1 Å². The van der Waals surface area contributed by atoms with Crippen LogP contribution in [0.3, 0.4) is 0 Å². The minimum atomic E-state index is -0.397. The average Bonchev–Trinajstić information content (AvgIpc) is 3.26. The van der Waals surface area contributed by atoms with Crippen molar-refractivity contribution >= 4 is 22.4 Å². The number of non-ortho nitro benzene ring substituents is 1. The predicted molar refractivity (Wildman–Crippen MR) is 111 cm³/mol. The van der Waals surface area contributed by atoms with Gasteiger partial charge in [0.15, 0.2) is 11.5 Å². The number of nitro benzene ring substituents is 1. The molecule has 2 aliphatic heterocycles. The van der Waals surface area contributed by atoms with Gasteiger partial charge in [-0.2, -0.15) is 0 Å². The maximum Gasteiger partial charge on any atom is 0.270 e. The fourth-order valence-corrected chi connectivity index (χ4v) is 4.14. The second-order valence-electron chi connectivity index (χ2n) is 7.64. The SMILES string of the molecule is O=[N+]([O-])c1ccc2nc(NCC3(c4ccc5c(c4)OCO5)CCOCC3)ccc2c1. The summed E-state index contributed by atoms with van der Waals surface area (Å²) in [4.78, 5) is 15.2. The number of nitro groups is 1. The minimum absolute atomic E-state index is 0.0639. The van der Waals surface area contributed by atoms with Gasteiger partial charge in [-0.3, -0.25) is 10.1 Å². The highest BCUT2D eigenvalue weighted by Crippen LogP contribution is 2.41. The molecule has 0 radical (unpaired) electrons. The Balaban J connectivity index is 1.40. The van der Waals surface area contributed by atoms with Crippen LogP contribution in [-0.4, -0.2) is 36.5 Å². The van der Waals surface area contributed by atoms with Crippen LogP contribution < -0.4 is 14.8 Å². The van der Waals surface area contributed by atoms with E-state index in [1.807, 2.05) is 18.2 Å². The van der Waals surface area contributed by atoms with Gasteiger partial charge in [0.05, 0.1) is 10.4 Å². The van der Waals surface area contributed by atoms with Gasteiger partial charge >= 0.3 is 0 Å². The monoisotopic (exact) mass is 407 g/mol. The Bertz CT molecular complexity index is 1110. The first-order valence-electron chi connectivity index (χ1n) is 9.90. The van der Waals surface area contributed by atoms with Gasteiger partial charge in [-0.05, 0) is 48.7 Å². The molecule has 0 amide bonds. The van der Waals surface area contributed by atoms with Crippen molar-refractivity contribution in [2.24, 2.45) is 0 Å². The third-order valence-electron chi connectivity index (χ3n) is 5.93. The quantitative estimate of drug-likeness (QED) is 0.504. The molecule has 2 aromatic carbocycles. The summed E-state index contributed by atoms with van der Waals surface area (Å²) < 4.78 is 16.7. The lowest BCUT2D eigenvalue weighted by Crippen LogP contribution is -2.40. The molecule has 0 saturated carbocycles. The molecule has 0 atom stereocenters. The summed E-state index contributed by atoms with van der Waals surface area (Å²) in [7, 11) is 0. The standard InChI is InChI=1S/C22H21N3O5/c26-25(27)17-3-4-18-15(11-17)1-6-21(24-18)23-13-22(7-9-28-10-8-22)16-2-5-19-20(12-16)30-14-29-19/h1-6,11-12H,7-10,13-14H2,(H,23,24). The van der Waals surface area contributed by atoms with Crippen molar-refractivity contribution in [3.8, 4) is 11.5 Å². The van der Waals surface area contributed by atoms with E-state index in [9.17, 15) is 10.1 Å². The minimum Gasteiger partial charge on any atom is -0.454 e. The summed E-state index contributed by atoms with van der Waals surface area (Å²) in [6.45, 7) is 2.35. The van der Waals surface area contributed by atoms with Crippen molar-refractivity contribution in [1.29, 1.82) is 0 Å². The number of fused-ring (bicyclic) bond motifs is 2. The molecule has 0 aliphatic carbocycles. The smallest absolute Gasteiger partial charge is 0.270 e. The normalized spacial score (nSPS) is 17.1. The first kappa shape index (κ1) is 18.6. The maximum absolute atomic E-state index is 11.0. The number of anilines is 1. The summed E-state index contributed by atoms with van der Waals surface area (Å²) in [5, 5.41) is 15.2. The highest BCUT2D eigenvalue weighted by Gasteiger charge is 2.35. The predicted octanol–water partition coefficient (Wildman–Crippen LogP) is 4.03. The van der Waals surface area contributed by atoms with Gasteiger partial charge in [-0.25, -0.2) is 4.98 Å². The molecule has 0 spiro atoms. The summed E-state index contributed by atoms with van der Waals surface area (Å²) in [6.07, 6.45) is 1.78. The largest absolute Gasteiger partial charge is 0.454 e. The second kappa shape index (κ2) is 7.46. The molecule has 1 aromatic heterocycles.